The van der Waals surface area contributed by atoms with Gasteiger partial charge in [0.25, 0.3) is 0 Å². The van der Waals surface area contributed by atoms with Gasteiger partial charge in [0.2, 0.25) is 0 Å². The summed E-state index contributed by atoms with van der Waals surface area (Å²) in [4.78, 5) is 11.7. The Morgan fingerprint density at radius 3 is 2.87 bits per heavy atom. The average molecular weight is 413 g/mol. The second kappa shape index (κ2) is 9.09. The van der Waals surface area contributed by atoms with E-state index >= 15 is 0 Å². The molecule has 0 unspecified atom stereocenters. The van der Waals surface area contributed by atoms with Gasteiger partial charge < -0.3 is 19.3 Å². The van der Waals surface area contributed by atoms with E-state index in [4.69, 9.17) is 14.2 Å². The lowest BCUT2D eigenvalue weighted by Gasteiger charge is -2.19. The fourth-order valence-electron chi connectivity index (χ4n) is 4.22. The van der Waals surface area contributed by atoms with Crippen molar-refractivity contribution in [2.75, 3.05) is 7.11 Å². The van der Waals surface area contributed by atoms with Crippen molar-refractivity contribution >= 4 is 5.97 Å². The maximum Gasteiger partial charge on any atom is 0.334 e. The van der Waals surface area contributed by atoms with Crippen molar-refractivity contribution in [2.45, 2.75) is 63.8 Å². The third-order valence-corrected chi connectivity index (χ3v) is 6.20. The van der Waals surface area contributed by atoms with Crippen LogP contribution in [0.15, 0.2) is 54.7 Å². The summed E-state index contributed by atoms with van der Waals surface area (Å²) in [6.45, 7) is 11.8. The van der Waals surface area contributed by atoms with Crippen LogP contribution in [0.25, 0.3) is 0 Å². The molecular formula is C25H32O5. The Morgan fingerprint density at radius 2 is 2.17 bits per heavy atom. The van der Waals surface area contributed by atoms with E-state index in [0.29, 0.717) is 11.3 Å². The Bertz CT molecular complexity index is 855. The molecule has 3 aliphatic rings. The first-order chi connectivity index (χ1) is 14.3. The molecule has 1 aromatic carbocycles. The summed E-state index contributed by atoms with van der Waals surface area (Å²) < 4.78 is 16.3. The minimum atomic E-state index is -0.233. The van der Waals surface area contributed by atoms with Crippen LogP contribution in [0.3, 0.4) is 0 Å². The molecule has 4 rings (SSSR count). The number of ether oxygens (including phenoxy) is 3. The predicted molar refractivity (Wildman–Crippen MR) is 117 cm³/mol. The van der Waals surface area contributed by atoms with Gasteiger partial charge in [0.15, 0.2) is 11.5 Å². The predicted octanol–water partition coefficient (Wildman–Crippen LogP) is 4.89. The molecule has 2 saturated heterocycles. The van der Waals surface area contributed by atoms with Crippen LogP contribution in [-0.4, -0.2) is 36.0 Å². The van der Waals surface area contributed by atoms with Crippen molar-refractivity contribution in [1.82, 2.24) is 0 Å². The van der Waals surface area contributed by atoms with Crippen LogP contribution in [0.5, 0.6) is 11.5 Å². The maximum atomic E-state index is 11.7. The highest BCUT2D eigenvalue weighted by Gasteiger charge is 2.61. The van der Waals surface area contributed by atoms with Crippen LogP contribution in [0.2, 0.25) is 0 Å². The Kier molecular flexibility index (Phi) is 6.71. The number of methoxy groups -OCH3 is 1. The van der Waals surface area contributed by atoms with Crippen LogP contribution < -0.4 is 4.74 Å². The Hall–Kier alpha value is -2.53. The zero-order chi connectivity index (χ0) is 21.9. The van der Waals surface area contributed by atoms with Crippen LogP contribution in [0.4, 0.5) is 0 Å². The summed E-state index contributed by atoms with van der Waals surface area (Å²) in [7, 11) is 1.53. The topological polar surface area (TPSA) is 68.3 Å². The minimum Gasteiger partial charge on any atom is -0.504 e. The van der Waals surface area contributed by atoms with Gasteiger partial charge in [0, 0.05) is 11.5 Å². The molecular weight excluding hydrogens is 380 g/mol. The normalized spacial score (nSPS) is 31.7. The van der Waals surface area contributed by atoms with Crippen LogP contribution in [0.1, 0.15) is 45.1 Å². The van der Waals surface area contributed by atoms with Crippen LogP contribution in [-0.2, 0) is 20.7 Å². The second-order valence-electron chi connectivity index (χ2n) is 8.48. The largest absolute Gasteiger partial charge is 0.504 e. The van der Waals surface area contributed by atoms with Gasteiger partial charge in [0.1, 0.15) is 12.2 Å². The number of epoxide rings is 1. The first-order valence-corrected chi connectivity index (χ1v) is 10.5. The SMILES string of the molecule is C=C1C(=O)O[C@H]2[C@H]1CC/C(C)=C/CC[C@@]1(C)O[C@@H]21.C=CCc1ccc(O)c(OC)c1. The van der Waals surface area contributed by atoms with Gasteiger partial charge in [0.05, 0.1) is 12.7 Å². The minimum absolute atomic E-state index is 0.0671. The molecule has 5 nitrogen and oxygen atoms in total. The van der Waals surface area contributed by atoms with Crippen molar-refractivity contribution in [1.29, 1.82) is 0 Å². The standard InChI is InChI=1S/C15H20O3.C10H12O2/c1-9-5-4-8-15(3)13(18-15)12-11(7-6-9)10(2)14(16)17-12;1-3-4-8-5-6-9(11)10(7-8)12-2/h5,11-13H,2,4,6-8H2,1,3H3;3,5-7,11H,1,4H2,2H3/b9-5+;/t11-,12-,13-,15+;/m0./s1. The lowest BCUT2D eigenvalue weighted by atomic mass is 9.84. The molecule has 2 fully saturated rings. The fraction of sp³-hybridized carbons (Fsp3) is 0.480. The number of carbonyl (C=O) groups is 1. The molecule has 5 heteroatoms. The van der Waals surface area contributed by atoms with Gasteiger partial charge in [-0.2, -0.15) is 0 Å². The summed E-state index contributed by atoms with van der Waals surface area (Å²) >= 11 is 0. The number of esters is 1. The molecule has 162 valence electrons. The van der Waals surface area contributed by atoms with E-state index in [1.807, 2.05) is 12.1 Å². The summed E-state index contributed by atoms with van der Waals surface area (Å²) in [6.07, 6.45) is 8.85. The molecule has 4 atom stereocenters. The van der Waals surface area contributed by atoms with Gasteiger partial charge in [-0.1, -0.05) is 30.4 Å². The highest BCUT2D eigenvalue weighted by Crippen LogP contribution is 2.49. The third kappa shape index (κ3) is 4.78. The first kappa shape index (κ1) is 22.2. The summed E-state index contributed by atoms with van der Waals surface area (Å²) in [6, 6.07) is 5.27. The highest BCUT2D eigenvalue weighted by molar-refractivity contribution is 5.91. The summed E-state index contributed by atoms with van der Waals surface area (Å²) in [5.41, 5.74) is 3.00. The number of benzene rings is 1. The zero-order valence-electron chi connectivity index (χ0n) is 18.1. The Morgan fingerprint density at radius 1 is 1.40 bits per heavy atom. The number of rotatable bonds is 3. The molecule has 0 aromatic heterocycles. The summed E-state index contributed by atoms with van der Waals surface area (Å²) in [5.74, 6) is 0.578. The number of aromatic hydroxyl groups is 1. The van der Waals surface area contributed by atoms with Crippen LogP contribution >= 0.6 is 0 Å². The van der Waals surface area contributed by atoms with Gasteiger partial charge in [-0.15, -0.1) is 6.58 Å². The van der Waals surface area contributed by atoms with E-state index in [9.17, 15) is 9.90 Å². The van der Waals surface area contributed by atoms with Crippen molar-refractivity contribution in [2.24, 2.45) is 5.92 Å². The number of phenols is 1. The van der Waals surface area contributed by atoms with Gasteiger partial charge in [-0.05, 0) is 63.6 Å². The Labute approximate surface area is 179 Å². The van der Waals surface area contributed by atoms with Gasteiger partial charge in [-0.25, -0.2) is 4.79 Å². The molecule has 0 amide bonds. The highest BCUT2D eigenvalue weighted by atomic mass is 16.6. The van der Waals surface area contributed by atoms with Crippen molar-refractivity contribution in [3.63, 3.8) is 0 Å². The molecule has 0 spiro atoms. The average Bonchev–Trinajstić information content (AvgIpc) is 3.30. The van der Waals surface area contributed by atoms with Gasteiger partial charge in [-0.3, -0.25) is 0 Å². The number of allylic oxidation sites excluding steroid dienone is 3. The molecule has 0 radical (unpaired) electrons. The van der Waals surface area contributed by atoms with Crippen molar-refractivity contribution in [3.05, 3.63) is 60.2 Å². The molecule has 2 aliphatic heterocycles. The van der Waals surface area contributed by atoms with E-state index in [2.05, 4.69) is 33.1 Å². The quantitative estimate of drug-likeness (QED) is 0.331. The zero-order valence-corrected chi connectivity index (χ0v) is 18.1. The van der Waals surface area contributed by atoms with E-state index in [-0.39, 0.29) is 35.4 Å². The van der Waals surface area contributed by atoms with E-state index in [1.165, 1.54) is 12.7 Å². The lowest BCUT2D eigenvalue weighted by molar-refractivity contribution is -0.140. The molecule has 1 aromatic rings. The van der Waals surface area contributed by atoms with Gasteiger partial charge >= 0.3 is 5.97 Å². The number of carbonyl (C=O) groups excluding carboxylic acids is 1. The van der Waals surface area contributed by atoms with Crippen LogP contribution in [0, 0.1) is 5.92 Å². The molecule has 1 aliphatic carbocycles. The molecule has 0 saturated carbocycles. The fourth-order valence-corrected chi connectivity index (χ4v) is 4.22. The molecule has 2 heterocycles. The van der Waals surface area contributed by atoms with Crippen molar-refractivity contribution in [3.8, 4) is 11.5 Å². The number of hydrogen-bond acceptors (Lipinski definition) is 5. The molecule has 1 N–H and O–H groups in total. The Balaban J connectivity index is 0.000000187. The third-order valence-electron chi connectivity index (χ3n) is 6.20. The summed E-state index contributed by atoms with van der Waals surface area (Å²) in [5, 5.41) is 9.25. The number of hydrogen-bond donors (Lipinski definition) is 1. The van der Waals surface area contributed by atoms with Crippen molar-refractivity contribution < 1.29 is 24.1 Å². The van der Waals surface area contributed by atoms with E-state index in [0.717, 1.165) is 37.7 Å². The molecule has 0 bridgehead atoms. The maximum absolute atomic E-state index is 11.7. The number of fused-ring (bicyclic) bond motifs is 3. The van der Waals surface area contributed by atoms with E-state index < -0.39 is 0 Å². The smallest absolute Gasteiger partial charge is 0.334 e. The first-order valence-electron chi connectivity index (χ1n) is 10.5. The van der Waals surface area contributed by atoms with E-state index in [1.54, 1.807) is 12.1 Å². The number of phenolic OH excluding ortho intramolecular Hbond substituents is 1. The lowest BCUT2D eigenvalue weighted by Crippen LogP contribution is -2.28. The molecule has 30 heavy (non-hydrogen) atoms. The monoisotopic (exact) mass is 412 g/mol. The second-order valence-corrected chi connectivity index (χ2v) is 8.48.